The number of rotatable bonds is 4. The van der Waals surface area contributed by atoms with Crippen LogP contribution in [0.1, 0.15) is 24.0 Å². The number of hydrogen-bond acceptors (Lipinski definition) is 4. The van der Waals surface area contributed by atoms with Crippen molar-refractivity contribution >= 4 is 15.7 Å². The topological polar surface area (TPSA) is 81.4 Å². The third-order valence-corrected chi connectivity index (χ3v) is 4.70. The van der Waals surface area contributed by atoms with E-state index in [4.69, 9.17) is 9.88 Å². The second kappa shape index (κ2) is 6.11. The monoisotopic (exact) mass is 298 g/mol. The fourth-order valence-corrected chi connectivity index (χ4v) is 3.02. The lowest BCUT2D eigenvalue weighted by molar-refractivity contribution is 0.0595. The van der Waals surface area contributed by atoms with Gasteiger partial charge in [0.15, 0.2) is 0 Å². The molecule has 1 saturated heterocycles. The fourth-order valence-electron chi connectivity index (χ4n) is 2.40. The summed E-state index contributed by atoms with van der Waals surface area (Å²) in [5, 5.41) is 8.54. The van der Waals surface area contributed by atoms with E-state index in [0.29, 0.717) is 5.92 Å². The summed E-state index contributed by atoms with van der Waals surface area (Å²) in [6.07, 6.45) is 2.22. The average molecular weight is 298 g/mol. The molecule has 1 aliphatic heterocycles. The largest absolute Gasteiger partial charge is 0.384 e. The van der Waals surface area contributed by atoms with Gasteiger partial charge in [0.2, 0.25) is 10.0 Å². The van der Waals surface area contributed by atoms with Gasteiger partial charge in [-0.3, -0.25) is 0 Å². The molecule has 1 unspecified atom stereocenters. The number of anilines is 1. The van der Waals surface area contributed by atoms with Crippen molar-refractivity contribution in [3.05, 3.63) is 23.3 Å². The standard InChI is InChI=1S/C14H22N2O3S/c1-10-6-13(20(15,17)18)7-14(11(10)2)16-8-12-4-3-5-19-9-12/h6-7,12,16H,3-5,8-9H2,1-2H3,(H2,15,17,18). The van der Waals surface area contributed by atoms with Gasteiger partial charge in [-0.25, -0.2) is 13.6 Å². The molecule has 1 aliphatic rings. The zero-order valence-corrected chi connectivity index (χ0v) is 12.8. The predicted molar refractivity (Wildman–Crippen MR) is 79.3 cm³/mol. The van der Waals surface area contributed by atoms with E-state index in [-0.39, 0.29) is 4.90 Å². The molecule has 0 radical (unpaired) electrons. The molecule has 3 N–H and O–H groups in total. The van der Waals surface area contributed by atoms with Gasteiger partial charge >= 0.3 is 0 Å². The number of hydrogen-bond donors (Lipinski definition) is 2. The highest BCUT2D eigenvalue weighted by Gasteiger charge is 2.16. The Bertz CT molecular complexity index is 578. The highest BCUT2D eigenvalue weighted by atomic mass is 32.2. The van der Waals surface area contributed by atoms with Crippen LogP contribution in [0.4, 0.5) is 5.69 Å². The summed E-state index contributed by atoms with van der Waals surface area (Å²) in [5.74, 6) is 0.474. The molecular weight excluding hydrogens is 276 g/mol. The molecule has 0 bridgehead atoms. The first-order valence-electron chi connectivity index (χ1n) is 6.83. The summed E-state index contributed by atoms with van der Waals surface area (Å²) in [6.45, 7) is 6.25. The molecule has 2 rings (SSSR count). The third-order valence-electron chi connectivity index (χ3n) is 3.81. The molecule has 1 aromatic carbocycles. The van der Waals surface area contributed by atoms with Gasteiger partial charge in [0.1, 0.15) is 0 Å². The van der Waals surface area contributed by atoms with Crippen molar-refractivity contribution in [3.8, 4) is 0 Å². The van der Waals surface area contributed by atoms with Crippen molar-refractivity contribution in [1.29, 1.82) is 0 Å². The van der Waals surface area contributed by atoms with Crippen molar-refractivity contribution in [2.24, 2.45) is 11.1 Å². The molecule has 1 atom stereocenters. The molecule has 20 heavy (non-hydrogen) atoms. The number of aryl methyl sites for hydroxylation is 1. The molecule has 1 heterocycles. The molecule has 1 aromatic rings. The number of nitrogens with two attached hydrogens (primary N) is 1. The maximum Gasteiger partial charge on any atom is 0.238 e. The first-order valence-corrected chi connectivity index (χ1v) is 8.38. The van der Waals surface area contributed by atoms with Crippen molar-refractivity contribution in [1.82, 2.24) is 0 Å². The number of ether oxygens (including phenoxy) is 1. The van der Waals surface area contributed by atoms with E-state index in [9.17, 15) is 8.42 Å². The van der Waals surface area contributed by atoms with E-state index in [0.717, 1.165) is 49.4 Å². The van der Waals surface area contributed by atoms with Crippen LogP contribution in [0.15, 0.2) is 17.0 Å². The minimum atomic E-state index is -3.67. The molecule has 0 amide bonds. The van der Waals surface area contributed by atoms with E-state index in [1.807, 2.05) is 13.8 Å². The fraction of sp³-hybridized carbons (Fsp3) is 0.571. The van der Waals surface area contributed by atoms with Crippen LogP contribution < -0.4 is 10.5 Å². The summed E-state index contributed by atoms with van der Waals surface area (Å²) < 4.78 is 28.4. The highest BCUT2D eigenvalue weighted by molar-refractivity contribution is 7.89. The lowest BCUT2D eigenvalue weighted by atomic mass is 10.0. The van der Waals surface area contributed by atoms with Crippen LogP contribution in [-0.2, 0) is 14.8 Å². The van der Waals surface area contributed by atoms with E-state index in [1.165, 1.54) is 0 Å². The van der Waals surface area contributed by atoms with Crippen molar-refractivity contribution in [2.45, 2.75) is 31.6 Å². The lowest BCUT2D eigenvalue weighted by Gasteiger charge is -2.23. The van der Waals surface area contributed by atoms with E-state index < -0.39 is 10.0 Å². The van der Waals surface area contributed by atoms with Crippen LogP contribution in [-0.4, -0.2) is 28.2 Å². The maximum absolute atomic E-state index is 11.5. The van der Waals surface area contributed by atoms with E-state index >= 15 is 0 Å². The molecule has 112 valence electrons. The quantitative estimate of drug-likeness (QED) is 0.888. The summed E-state index contributed by atoms with van der Waals surface area (Å²) in [5.41, 5.74) is 2.80. The zero-order valence-electron chi connectivity index (χ0n) is 12.0. The Morgan fingerprint density at radius 2 is 2.15 bits per heavy atom. The molecule has 1 fully saturated rings. The SMILES string of the molecule is Cc1cc(S(N)(=O)=O)cc(NCC2CCCOC2)c1C. The number of nitrogens with one attached hydrogen (secondary N) is 1. The number of sulfonamides is 1. The van der Waals surface area contributed by atoms with Crippen LogP contribution in [0.2, 0.25) is 0 Å². The number of primary sulfonamides is 1. The summed E-state index contributed by atoms with van der Waals surface area (Å²) in [6, 6.07) is 3.22. The van der Waals surface area contributed by atoms with Gasteiger partial charge in [0.25, 0.3) is 0 Å². The molecule has 0 saturated carbocycles. The first kappa shape index (κ1) is 15.3. The summed E-state index contributed by atoms with van der Waals surface area (Å²) >= 11 is 0. The van der Waals surface area contributed by atoms with Gasteiger partial charge in [-0.15, -0.1) is 0 Å². The highest BCUT2D eigenvalue weighted by Crippen LogP contribution is 2.24. The minimum Gasteiger partial charge on any atom is -0.384 e. The first-order chi connectivity index (χ1) is 9.38. The van der Waals surface area contributed by atoms with Crippen LogP contribution in [0.5, 0.6) is 0 Å². The van der Waals surface area contributed by atoms with Gasteiger partial charge in [-0.2, -0.15) is 0 Å². The second-order valence-electron chi connectivity index (χ2n) is 5.42. The lowest BCUT2D eigenvalue weighted by Crippen LogP contribution is -2.24. The Kier molecular flexibility index (Phi) is 4.67. The molecular formula is C14H22N2O3S. The summed E-state index contributed by atoms with van der Waals surface area (Å²) in [7, 11) is -3.67. The van der Waals surface area contributed by atoms with Crippen LogP contribution in [0, 0.1) is 19.8 Å². The third kappa shape index (κ3) is 3.71. The van der Waals surface area contributed by atoms with Gasteiger partial charge in [0, 0.05) is 18.8 Å². The Labute approximate surface area is 120 Å². The average Bonchev–Trinajstić information content (AvgIpc) is 2.40. The molecule has 0 spiro atoms. The Morgan fingerprint density at radius 3 is 2.75 bits per heavy atom. The zero-order chi connectivity index (χ0) is 14.8. The number of benzene rings is 1. The Hall–Kier alpha value is -1.11. The normalized spacial score (nSPS) is 19.9. The van der Waals surface area contributed by atoms with Crippen molar-refractivity contribution in [3.63, 3.8) is 0 Å². The minimum absolute atomic E-state index is 0.156. The van der Waals surface area contributed by atoms with Crippen molar-refractivity contribution < 1.29 is 13.2 Å². The van der Waals surface area contributed by atoms with Gasteiger partial charge in [-0.05, 0) is 55.9 Å². The predicted octanol–water partition coefficient (Wildman–Crippen LogP) is 1.79. The van der Waals surface area contributed by atoms with Crippen molar-refractivity contribution in [2.75, 3.05) is 25.1 Å². The molecule has 0 aromatic heterocycles. The van der Waals surface area contributed by atoms with Crippen LogP contribution >= 0.6 is 0 Å². The summed E-state index contributed by atoms with van der Waals surface area (Å²) in [4.78, 5) is 0.156. The maximum atomic E-state index is 11.5. The molecule has 6 heteroatoms. The Morgan fingerprint density at radius 1 is 1.40 bits per heavy atom. The van der Waals surface area contributed by atoms with Crippen LogP contribution in [0.25, 0.3) is 0 Å². The second-order valence-corrected chi connectivity index (χ2v) is 6.98. The van der Waals surface area contributed by atoms with Gasteiger partial charge in [-0.1, -0.05) is 0 Å². The Balaban J connectivity index is 2.15. The molecule has 0 aliphatic carbocycles. The van der Waals surface area contributed by atoms with Crippen LogP contribution in [0.3, 0.4) is 0 Å². The van der Waals surface area contributed by atoms with Gasteiger partial charge < -0.3 is 10.1 Å². The molecule has 5 nitrogen and oxygen atoms in total. The van der Waals surface area contributed by atoms with E-state index in [2.05, 4.69) is 5.32 Å². The smallest absolute Gasteiger partial charge is 0.238 e. The van der Waals surface area contributed by atoms with E-state index in [1.54, 1.807) is 12.1 Å². The van der Waals surface area contributed by atoms with Gasteiger partial charge in [0.05, 0.1) is 11.5 Å².